The van der Waals surface area contributed by atoms with Gasteiger partial charge >= 0.3 is 0 Å². The van der Waals surface area contributed by atoms with Crippen molar-refractivity contribution < 1.29 is 13.7 Å². The van der Waals surface area contributed by atoms with Crippen LogP contribution >= 0.6 is 11.6 Å². The first-order valence-corrected chi connectivity index (χ1v) is 10.3. The largest absolute Gasteiger partial charge is 0.347 e. The van der Waals surface area contributed by atoms with Crippen LogP contribution < -0.4 is 5.32 Å². The standard InChI is InChI=1S/C22H22ClFN4O2/c23-19-4-2-1-3-18(19)21-26-20(30-27-21)13-25-22(29)16-9-11-28(12-10-16)14-15-5-7-17(24)8-6-15/h1-8,16H,9-14H2,(H,25,29). The Morgan fingerprint density at radius 3 is 2.63 bits per heavy atom. The third kappa shape index (κ3) is 5.04. The van der Waals surface area contributed by atoms with Gasteiger partial charge in [-0.3, -0.25) is 9.69 Å². The summed E-state index contributed by atoms with van der Waals surface area (Å²) in [5, 5.41) is 7.37. The van der Waals surface area contributed by atoms with Crippen molar-refractivity contribution in [3.8, 4) is 11.4 Å². The topological polar surface area (TPSA) is 71.3 Å². The molecule has 1 saturated heterocycles. The third-order valence-corrected chi connectivity index (χ3v) is 5.60. The summed E-state index contributed by atoms with van der Waals surface area (Å²) in [4.78, 5) is 19.1. The molecule has 8 heteroatoms. The van der Waals surface area contributed by atoms with Crippen molar-refractivity contribution in [3.63, 3.8) is 0 Å². The molecule has 3 aromatic rings. The van der Waals surface area contributed by atoms with Crippen molar-refractivity contribution in [3.05, 3.63) is 70.8 Å². The first-order valence-electron chi connectivity index (χ1n) is 9.90. The fraction of sp³-hybridized carbons (Fsp3) is 0.318. The second-order valence-electron chi connectivity index (χ2n) is 7.39. The summed E-state index contributed by atoms with van der Waals surface area (Å²) in [7, 11) is 0. The van der Waals surface area contributed by atoms with Gasteiger partial charge in [-0.2, -0.15) is 4.98 Å². The summed E-state index contributed by atoms with van der Waals surface area (Å²) in [5.41, 5.74) is 1.76. The highest BCUT2D eigenvalue weighted by Crippen LogP contribution is 2.25. The molecule has 1 amide bonds. The zero-order chi connectivity index (χ0) is 20.9. The van der Waals surface area contributed by atoms with E-state index in [9.17, 15) is 9.18 Å². The molecule has 30 heavy (non-hydrogen) atoms. The predicted octanol–water partition coefficient (Wildman–Crippen LogP) is 4.06. The number of hydrogen-bond acceptors (Lipinski definition) is 5. The van der Waals surface area contributed by atoms with Crippen molar-refractivity contribution in [1.82, 2.24) is 20.4 Å². The Labute approximate surface area is 179 Å². The van der Waals surface area contributed by atoms with Gasteiger partial charge in [-0.15, -0.1) is 0 Å². The van der Waals surface area contributed by atoms with E-state index >= 15 is 0 Å². The van der Waals surface area contributed by atoms with Crippen LogP contribution in [0.5, 0.6) is 0 Å². The monoisotopic (exact) mass is 428 g/mol. The highest BCUT2D eigenvalue weighted by Gasteiger charge is 2.25. The maximum absolute atomic E-state index is 13.0. The summed E-state index contributed by atoms with van der Waals surface area (Å²) in [6.45, 7) is 2.60. The molecule has 6 nitrogen and oxygen atoms in total. The Bertz CT molecular complexity index is 1000. The van der Waals surface area contributed by atoms with E-state index < -0.39 is 0 Å². The Morgan fingerprint density at radius 1 is 1.17 bits per heavy atom. The number of carbonyl (C=O) groups is 1. The number of nitrogens with one attached hydrogen (secondary N) is 1. The molecular weight excluding hydrogens is 407 g/mol. The van der Waals surface area contributed by atoms with Crippen LogP contribution in [-0.2, 0) is 17.9 Å². The summed E-state index contributed by atoms with van der Waals surface area (Å²) in [6, 6.07) is 13.8. The summed E-state index contributed by atoms with van der Waals surface area (Å²) < 4.78 is 18.3. The number of likely N-dealkylation sites (tertiary alicyclic amines) is 1. The van der Waals surface area contributed by atoms with Crippen LogP contribution in [0.3, 0.4) is 0 Å². The molecule has 2 aromatic carbocycles. The van der Waals surface area contributed by atoms with Crippen molar-refractivity contribution >= 4 is 17.5 Å². The molecular formula is C22H22ClFN4O2. The summed E-state index contributed by atoms with van der Waals surface area (Å²) in [6.07, 6.45) is 1.56. The number of halogens is 2. The lowest BCUT2D eigenvalue weighted by atomic mass is 9.95. The molecule has 1 N–H and O–H groups in total. The number of aromatic nitrogens is 2. The molecule has 1 fully saturated rings. The highest BCUT2D eigenvalue weighted by molar-refractivity contribution is 6.33. The van der Waals surface area contributed by atoms with E-state index in [0.717, 1.165) is 38.0 Å². The molecule has 156 valence electrons. The molecule has 0 radical (unpaired) electrons. The number of rotatable bonds is 6. The molecule has 2 heterocycles. The second-order valence-corrected chi connectivity index (χ2v) is 7.79. The van der Waals surface area contributed by atoms with Crippen molar-refractivity contribution in [2.75, 3.05) is 13.1 Å². The second kappa shape index (κ2) is 9.36. The van der Waals surface area contributed by atoms with E-state index in [2.05, 4.69) is 20.4 Å². The molecule has 1 aliphatic heterocycles. The van der Waals surface area contributed by atoms with Gasteiger partial charge in [-0.25, -0.2) is 4.39 Å². The highest BCUT2D eigenvalue weighted by atomic mass is 35.5. The lowest BCUT2D eigenvalue weighted by Gasteiger charge is -2.31. The molecule has 0 spiro atoms. The van der Waals surface area contributed by atoms with E-state index in [-0.39, 0.29) is 24.2 Å². The number of piperidine rings is 1. The Balaban J connectivity index is 1.24. The van der Waals surface area contributed by atoms with Crippen LogP contribution in [0, 0.1) is 11.7 Å². The Hall–Kier alpha value is -2.77. The van der Waals surface area contributed by atoms with Gasteiger partial charge in [0.25, 0.3) is 0 Å². The van der Waals surface area contributed by atoms with Crippen molar-refractivity contribution in [1.29, 1.82) is 0 Å². The minimum Gasteiger partial charge on any atom is -0.347 e. The average Bonchev–Trinajstić information content (AvgIpc) is 3.23. The lowest BCUT2D eigenvalue weighted by Crippen LogP contribution is -2.40. The Morgan fingerprint density at radius 2 is 1.90 bits per heavy atom. The van der Waals surface area contributed by atoms with Crippen LogP contribution in [0.2, 0.25) is 5.02 Å². The average molecular weight is 429 g/mol. The van der Waals surface area contributed by atoms with E-state index in [0.29, 0.717) is 22.3 Å². The zero-order valence-corrected chi connectivity index (χ0v) is 17.1. The fourth-order valence-electron chi connectivity index (χ4n) is 3.59. The van der Waals surface area contributed by atoms with Gasteiger partial charge in [0.05, 0.1) is 11.6 Å². The third-order valence-electron chi connectivity index (χ3n) is 5.27. The number of benzene rings is 2. The maximum Gasteiger partial charge on any atom is 0.246 e. The van der Waals surface area contributed by atoms with E-state index in [1.54, 1.807) is 18.2 Å². The smallest absolute Gasteiger partial charge is 0.246 e. The molecule has 0 saturated carbocycles. The van der Waals surface area contributed by atoms with E-state index in [1.807, 2.05) is 18.2 Å². The predicted molar refractivity (Wildman–Crippen MR) is 111 cm³/mol. The molecule has 0 unspecified atom stereocenters. The molecule has 0 bridgehead atoms. The number of nitrogens with zero attached hydrogens (tertiary/aromatic N) is 3. The van der Waals surface area contributed by atoms with Gasteiger partial charge in [0, 0.05) is 18.0 Å². The lowest BCUT2D eigenvalue weighted by molar-refractivity contribution is -0.126. The van der Waals surface area contributed by atoms with Gasteiger partial charge in [-0.1, -0.05) is 41.0 Å². The van der Waals surface area contributed by atoms with E-state index in [1.165, 1.54) is 12.1 Å². The quantitative estimate of drug-likeness (QED) is 0.641. The van der Waals surface area contributed by atoms with Crippen molar-refractivity contribution in [2.24, 2.45) is 5.92 Å². The van der Waals surface area contributed by atoms with Gasteiger partial charge < -0.3 is 9.84 Å². The van der Waals surface area contributed by atoms with Crippen LogP contribution in [0.15, 0.2) is 53.1 Å². The first kappa shape index (κ1) is 20.5. The van der Waals surface area contributed by atoms with Crippen LogP contribution in [-0.4, -0.2) is 34.0 Å². The molecule has 1 aliphatic rings. The molecule has 4 rings (SSSR count). The SMILES string of the molecule is O=C(NCc1nc(-c2ccccc2Cl)no1)C1CCN(Cc2ccc(F)cc2)CC1. The molecule has 0 aliphatic carbocycles. The van der Waals surface area contributed by atoms with Gasteiger partial charge in [0.15, 0.2) is 0 Å². The summed E-state index contributed by atoms with van der Waals surface area (Å²) >= 11 is 6.15. The molecule has 1 aromatic heterocycles. The number of carbonyl (C=O) groups excluding carboxylic acids is 1. The first-order chi connectivity index (χ1) is 14.6. The van der Waals surface area contributed by atoms with Gasteiger partial charge in [0.2, 0.25) is 17.6 Å². The molecule has 0 atom stereocenters. The maximum atomic E-state index is 13.0. The fourth-order valence-corrected chi connectivity index (χ4v) is 3.81. The van der Waals surface area contributed by atoms with Gasteiger partial charge in [0.1, 0.15) is 5.82 Å². The normalized spacial score (nSPS) is 15.3. The minimum absolute atomic E-state index is 0.00562. The Kier molecular flexibility index (Phi) is 6.40. The van der Waals surface area contributed by atoms with Crippen molar-refractivity contribution in [2.45, 2.75) is 25.9 Å². The van der Waals surface area contributed by atoms with Crippen LogP contribution in [0.4, 0.5) is 4.39 Å². The van der Waals surface area contributed by atoms with Gasteiger partial charge in [-0.05, 0) is 55.8 Å². The zero-order valence-electron chi connectivity index (χ0n) is 16.4. The summed E-state index contributed by atoms with van der Waals surface area (Å²) in [5.74, 6) is 0.467. The van der Waals surface area contributed by atoms with E-state index in [4.69, 9.17) is 16.1 Å². The number of hydrogen-bond donors (Lipinski definition) is 1. The van der Waals surface area contributed by atoms with Crippen LogP contribution in [0.1, 0.15) is 24.3 Å². The number of amides is 1. The minimum atomic E-state index is -0.227. The van der Waals surface area contributed by atoms with Crippen LogP contribution in [0.25, 0.3) is 11.4 Å².